The maximum absolute atomic E-state index is 5.93. The lowest BCUT2D eigenvalue weighted by molar-refractivity contribution is -0.00523. The van der Waals surface area contributed by atoms with Gasteiger partial charge in [-0.15, -0.1) is 11.8 Å². The van der Waals surface area contributed by atoms with Crippen molar-refractivity contribution in [3.63, 3.8) is 0 Å². The SMILES string of the molecule is CSc1cccc(N2C[C@@H](C)O[C@@H](C)C2)c1C(N)=S. The zero-order valence-corrected chi connectivity index (χ0v) is 13.2. The molecule has 1 heterocycles. The lowest BCUT2D eigenvalue weighted by Gasteiger charge is -2.38. The fourth-order valence-electron chi connectivity index (χ4n) is 2.58. The van der Waals surface area contributed by atoms with Gasteiger partial charge < -0.3 is 15.4 Å². The largest absolute Gasteiger partial charge is 0.389 e. The van der Waals surface area contributed by atoms with Crippen molar-refractivity contribution in [3.05, 3.63) is 23.8 Å². The van der Waals surface area contributed by atoms with E-state index in [2.05, 4.69) is 36.9 Å². The molecule has 2 N–H and O–H groups in total. The van der Waals surface area contributed by atoms with Crippen LogP contribution in [0.3, 0.4) is 0 Å². The molecule has 0 spiro atoms. The van der Waals surface area contributed by atoms with Crippen LogP contribution in [0.1, 0.15) is 19.4 Å². The van der Waals surface area contributed by atoms with Gasteiger partial charge in [0.25, 0.3) is 0 Å². The smallest absolute Gasteiger partial charge is 0.107 e. The first-order valence-electron chi connectivity index (χ1n) is 6.40. The fraction of sp³-hybridized carbons (Fsp3) is 0.500. The summed E-state index contributed by atoms with van der Waals surface area (Å²) in [5.41, 5.74) is 8.05. The number of ether oxygens (including phenoxy) is 1. The highest BCUT2D eigenvalue weighted by Crippen LogP contribution is 2.31. The third-order valence-corrected chi connectivity index (χ3v) is 4.22. The number of thioether (sulfide) groups is 1. The van der Waals surface area contributed by atoms with Crippen molar-refractivity contribution in [2.75, 3.05) is 24.2 Å². The predicted octanol–water partition coefficient (Wildman–Crippen LogP) is 2.66. The van der Waals surface area contributed by atoms with Crippen LogP contribution in [0, 0.1) is 0 Å². The Morgan fingerprint density at radius 2 is 2.00 bits per heavy atom. The third-order valence-electron chi connectivity index (χ3n) is 3.23. The summed E-state index contributed by atoms with van der Waals surface area (Å²) in [5.74, 6) is 0. The quantitative estimate of drug-likeness (QED) is 0.686. The predicted molar refractivity (Wildman–Crippen MR) is 86.3 cm³/mol. The molecule has 1 fully saturated rings. The summed E-state index contributed by atoms with van der Waals surface area (Å²) in [4.78, 5) is 3.93. The van der Waals surface area contributed by atoms with Gasteiger partial charge in [-0.2, -0.15) is 0 Å². The molecule has 3 nitrogen and oxygen atoms in total. The summed E-state index contributed by atoms with van der Waals surface area (Å²) in [5, 5.41) is 0. The van der Waals surface area contributed by atoms with Crippen LogP contribution in [-0.4, -0.2) is 36.5 Å². The molecule has 2 atom stereocenters. The van der Waals surface area contributed by atoms with Gasteiger partial charge in [0.15, 0.2) is 0 Å². The number of hydrogen-bond donors (Lipinski definition) is 1. The van der Waals surface area contributed by atoms with E-state index >= 15 is 0 Å². The Morgan fingerprint density at radius 1 is 1.37 bits per heavy atom. The average Bonchev–Trinajstić information content (AvgIpc) is 2.36. The molecule has 0 unspecified atom stereocenters. The van der Waals surface area contributed by atoms with E-state index in [1.54, 1.807) is 11.8 Å². The van der Waals surface area contributed by atoms with Crippen LogP contribution in [0.4, 0.5) is 5.69 Å². The van der Waals surface area contributed by atoms with Crippen molar-refractivity contribution in [1.82, 2.24) is 0 Å². The van der Waals surface area contributed by atoms with Crippen molar-refractivity contribution in [3.8, 4) is 0 Å². The number of rotatable bonds is 3. The number of morpholine rings is 1. The zero-order chi connectivity index (χ0) is 14.0. The molecule has 1 aliphatic rings. The summed E-state index contributed by atoms with van der Waals surface area (Å²) >= 11 is 6.92. The number of hydrogen-bond acceptors (Lipinski definition) is 4. The van der Waals surface area contributed by atoms with Crippen molar-refractivity contribution in [2.45, 2.75) is 31.0 Å². The van der Waals surface area contributed by atoms with Crippen molar-refractivity contribution in [2.24, 2.45) is 5.73 Å². The maximum atomic E-state index is 5.93. The Morgan fingerprint density at radius 3 is 2.53 bits per heavy atom. The molecule has 0 aromatic heterocycles. The van der Waals surface area contributed by atoms with E-state index in [4.69, 9.17) is 22.7 Å². The number of thiocarbonyl (C=S) groups is 1. The van der Waals surface area contributed by atoms with E-state index in [0.717, 1.165) is 29.2 Å². The minimum atomic E-state index is 0.223. The summed E-state index contributed by atoms with van der Waals surface area (Å²) in [6.07, 6.45) is 2.49. The summed E-state index contributed by atoms with van der Waals surface area (Å²) in [7, 11) is 0. The Bertz CT molecular complexity index is 469. The van der Waals surface area contributed by atoms with Crippen LogP contribution in [0.25, 0.3) is 0 Å². The molecule has 104 valence electrons. The van der Waals surface area contributed by atoms with E-state index in [-0.39, 0.29) is 12.2 Å². The first-order valence-corrected chi connectivity index (χ1v) is 8.03. The number of nitrogens with two attached hydrogens (primary N) is 1. The van der Waals surface area contributed by atoms with Gasteiger partial charge in [0.1, 0.15) is 4.99 Å². The molecular weight excluding hydrogens is 276 g/mol. The van der Waals surface area contributed by atoms with Crippen LogP contribution < -0.4 is 10.6 Å². The maximum Gasteiger partial charge on any atom is 0.107 e. The molecule has 0 bridgehead atoms. The molecule has 0 saturated carbocycles. The molecule has 19 heavy (non-hydrogen) atoms. The second-order valence-corrected chi connectivity index (χ2v) is 6.17. The van der Waals surface area contributed by atoms with Crippen LogP contribution >= 0.6 is 24.0 Å². The van der Waals surface area contributed by atoms with Crippen LogP contribution in [0.2, 0.25) is 0 Å². The molecule has 0 aliphatic carbocycles. The fourth-order valence-corrected chi connectivity index (χ4v) is 3.49. The van der Waals surface area contributed by atoms with Crippen molar-refractivity contribution in [1.29, 1.82) is 0 Å². The highest BCUT2D eigenvalue weighted by molar-refractivity contribution is 7.98. The molecule has 0 amide bonds. The molecule has 1 aromatic carbocycles. The van der Waals surface area contributed by atoms with Gasteiger partial charge >= 0.3 is 0 Å². The Balaban J connectivity index is 2.41. The minimum absolute atomic E-state index is 0.223. The van der Waals surface area contributed by atoms with Gasteiger partial charge in [0.2, 0.25) is 0 Å². The number of nitrogens with zero attached hydrogens (tertiary/aromatic N) is 1. The van der Waals surface area contributed by atoms with Gasteiger partial charge in [-0.1, -0.05) is 18.3 Å². The lowest BCUT2D eigenvalue weighted by Crippen LogP contribution is -2.46. The van der Waals surface area contributed by atoms with Gasteiger partial charge in [-0.3, -0.25) is 0 Å². The van der Waals surface area contributed by atoms with E-state index in [0.29, 0.717) is 4.99 Å². The topological polar surface area (TPSA) is 38.5 Å². The van der Waals surface area contributed by atoms with E-state index in [1.807, 2.05) is 6.26 Å². The summed E-state index contributed by atoms with van der Waals surface area (Å²) in [6, 6.07) is 6.22. The third kappa shape index (κ3) is 3.22. The normalized spacial score (nSPS) is 23.4. The lowest BCUT2D eigenvalue weighted by atomic mass is 10.1. The highest BCUT2D eigenvalue weighted by Gasteiger charge is 2.25. The minimum Gasteiger partial charge on any atom is -0.389 e. The van der Waals surface area contributed by atoms with E-state index in [1.165, 1.54) is 0 Å². The van der Waals surface area contributed by atoms with Crippen LogP contribution in [0.15, 0.2) is 23.1 Å². The average molecular weight is 296 g/mol. The summed E-state index contributed by atoms with van der Waals surface area (Å²) < 4.78 is 5.78. The van der Waals surface area contributed by atoms with Gasteiger partial charge in [0.05, 0.1) is 12.2 Å². The summed E-state index contributed by atoms with van der Waals surface area (Å²) in [6.45, 7) is 5.94. The Labute approximate surface area is 124 Å². The molecule has 1 aromatic rings. The Hall–Kier alpha value is -0.780. The van der Waals surface area contributed by atoms with Gasteiger partial charge in [-0.05, 0) is 32.2 Å². The second-order valence-electron chi connectivity index (χ2n) is 4.88. The van der Waals surface area contributed by atoms with Crippen molar-refractivity contribution < 1.29 is 4.74 Å². The highest BCUT2D eigenvalue weighted by atomic mass is 32.2. The molecule has 5 heteroatoms. The molecule has 1 aliphatic heterocycles. The number of benzene rings is 1. The van der Waals surface area contributed by atoms with Crippen LogP contribution in [0.5, 0.6) is 0 Å². The van der Waals surface area contributed by atoms with Crippen molar-refractivity contribution >= 4 is 34.7 Å². The standard InChI is InChI=1S/C14H20N2OS2/c1-9-7-16(8-10(2)17-9)11-5-4-6-12(19-3)13(11)14(15)18/h4-6,9-10H,7-8H2,1-3H3,(H2,15,18)/t9-,10+. The first-order chi connectivity index (χ1) is 9.02. The Kier molecular flexibility index (Phi) is 4.71. The zero-order valence-electron chi connectivity index (χ0n) is 11.6. The molecular formula is C14H20N2OS2. The van der Waals surface area contributed by atoms with E-state index < -0.39 is 0 Å². The van der Waals surface area contributed by atoms with Gasteiger partial charge in [0, 0.05) is 29.2 Å². The monoisotopic (exact) mass is 296 g/mol. The molecule has 0 radical (unpaired) electrons. The second kappa shape index (κ2) is 6.11. The molecule has 1 saturated heterocycles. The van der Waals surface area contributed by atoms with Gasteiger partial charge in [-0.25, -0.2) is 0 Å². The number of anilines is 1. The van der Waals surface area contributed by atoms with E-state index in [9.17, 15) is 0 Å². The van der Waals surface area contributed by atoms with Crippen LogP contribution in [-0.2, 0) is 4.74 Å². The molecule has 2 rings (SSSR count). The first kappa shape index (κ1) is 14.6.